The molecular weight excluding hydrogens is 300 g/mol. The Labute approximate surface area is 135 Å². The summed E-state index contributed by atoms with van der Waals surface area (Å²) in [6.07, 6.45) is 3.04. The van der Waals surface area contributed by atoms with Gasteiger partial charge in [0.25, 0.3) is 0 Å². The molecule has 1 aliphatic heterocycles. The van der Waals surface area contributed by atoms with E-state index in [-0.39, 0.29) is 17.9 Å². The highest BCUT2D eigenvalue weighted by molar-refractivity contribution is 6.31. The number of likely N-dealkylation sites (tertiary alicyclic amines) is 1. The van der Waals surface area contributed by atoms with E-state index in [1.165, 1.54) is 0 Å². The highest BCUT2D eigenvalue weighted by atomic mass is 35.5. The van der Waals surface area contributed by atoms with Crippen molar-refractivity contribution in [3.8, 4) is 0 Å². The summed E-state index contributed by atoms with van der Waals surface area (Å²) in [4.78, 5) is 14.2. The predicted molar refractivity (Wildman–Crippen MR) is 87.9 cm³/mol. The molecule has 22 heavy (non-hydrogen) atoms. The van der Waals surface area contributed by atoms with Gasteiger partial charge in [0.15, 0.2) is 0 Å². The van der Waals surface area contributed by atoms with Gasteiger partial charge in [-0.3, -0.25) is 4.79 Å². The Kier molecular flexibility index (Phi) is 4.41. The number of rotatable bonds is 4. The zero-order valence-corrected chi connectivity index (χ0v) is 13.5. The van der Waals surface area contributed by atoms with Crippen LogP contribution < -0.4 is 0 Å². The first-order chi connectivity index (χ1) is 10.5. The standard InChI is InChI=1S/C17H21ClN2O2/c1-12(21)14-5-8-20(11-14)17(22)6-9-19-7-4-13-10-15(18)2-3-16(13)19/h2-4,7,10,12,14,21H,5-6,8-9,11H2,1H3. The summed E-state index contributed by atoms with van der Waals surface area (Å²) in [5, 5.41) is 11.4. The van der Waals surface area contributed by atoms with Crippen molar-refractivity contribution in [1.29, 1.82) is 0 Å². The van der Waals surface area contributed by atoms with Crippen molar-refractivity contribution in [2.45, 2.75) is 32.4 Å². The summed E-state index contributed by atoms with van der Waals surface area (Å²) in [5.74, 6) is 0.387. The molecule has 0 aliphatic carbocycles. The monoisotopic (exact) mass is 320 g/mol. The molecule has 5 heteroatoms. The molecule has 2 atom stereocenters. The van der Waals surface area contributed by atoms with Gasteiger partial charge < -0.3 is 14.6 Å². The second-order valence-corrected chi connectivity index (χ2v) is 6.53. The minimum Gasteiger partial charge on any atom is -0.393 e. The maximum Gasteiger partial charge on any atom is 0.224 e. The van der Waals surface area contributed by atoms with E-state index in [9.17, 15) is 9.90 Å². The first-order valence-corrected chi connectivity index (χ1v) is 8.12. The fraction of sp³-hybridized carbons (Fsp3) is 0.471. The fourth-order valence-electron chi connectivity index (χ4n) is 3.15. The summed E-state index contributed by atoms with van der Waals surface area (Å²) in [7, 11) is 0. The van der Waals surface area contributed by atoms with Crippen molar-refractivity contribution >= 4 is 28.4 Å². The second-order valence-electron chi connectivity index (χ2n) is 6.09. The normalized spacial score (nSPS) is 19.8. The fourth-order valence-corrected chi connectivity index (χ4v) is 3.33. The highest BCUT2D eigenvalue weighted by Crippen LogP contribution is 2.22. The molecule has 0 bridgehead atoms. The van der Waals surface area contributed by atoms with Crippen LogP contribution in [0.5, 0.6) is 0 Å². The summed E-state index contributed by atoms with van der Waals surface area (Å²) in [5.41, 5.74) is 1.10. The van der Waals surface area contributed by atoms with E-state index >= 15 is 0 Å². The maximum absolute atomic E-state index is 12.3. The minimum absolute atomic E-state index is 0.166. The summed E-state index contributed by atoms with van der Waals surface area (Å²) >= 11 is 5.99. The van der Waals surface area contributed by atoms with Gasteiger partial charge in [-0.25, -0.2) is 0 Å². The van der Waals surface area contributed by atoms with Crippen LogP contribution in [0.25, 0.3) is 10.9 Å². The van der Waals surface area contributed by atoms with Crippen molar-refractivity contribution in [3.63, 3.8) is 0 Å². The number of carbonyl (C=O) groups excluding carboxylic acids is 1. The number of aryl methyl sites for hydroxylation is 1. The zero-order valence-electron chi connectivity index (χ0n) is 12.7. The lowest BCUT2D eigenvalue weighted by molar-refractivity contribution is -0.130. The lowest BCUT2D eigenvalue weighted by Crippen LogP contribution is -2.30. The third-order valence-electron chi connectivity index (χ3n) is 4.56. The predicted octanol–water partition coefficient (Wildman–Crippen LogP) is 2.91. The quantitative estimate of drug-likeness (QED) is 0.941. The van der Waals surface area contributed by atoms with Crippen LogP contribution in [0.2, 0.25) is 5.02 Å². The van der Waals surface area contributed by atoms with Crippen LogP contribution in [0.4, 0.5) is 0 Å². The third-order valence-corrected chi connectivity index (χ3v) is 4.79. The highest BCUT2D eigenvalue weighted by Gasteiger charge is 2.28. The van der Waals surface area contributed by atoms with Gasteiger partial charge in [0.2, 0.25) is 5.91 Å². The van der Waals surface area contributed by atoms with Crippen molar-refractivity contribution in [1.82, 2.24) is 9.47 Å². The number of aromatic nitrogens is 1. The molecule has 3 rings (SSSR count). The smallest absolute Gasteiger partial charge is 0.224 e. The maximum atomic E-state index is 12.3. The molecule has 0 radical (unpaired) electrons. The molecule has 118 valence electrons. The Morgan fingerprint density at radius 2 is 2.27 bits per heavy atom. The largest absolute Gasteiger partial charge is 0.393 e. The van der Waals surface area contributed by atoms with Gasteiger partial charge in [-0.15, -0.1) is 0 Å². The van der Waals surface area contributed by atoms with Gasteiger partial charge in [0.05, 0.1) is 6.10 Å². The molecule has 2 aromatic rings. The Hall–Kier alpha value is -1.52. The Bertz CT molecular complexity index is 680. The van der Waals surface area contributed by atoms with Gasteiger partial charge in [-0.1, -0.05) is 11.6 Å². The van der Waals surface area contributed by atoms with E-state index in [1.807, 2.05) is 35.4 Å². The summed E-state index contributed by atoms with van der Waals surface area (Å²) in [6.45, 7) is 3.91. The number of fused-ring (bicyclic) bond motifs is 1. The van der Waals surface area contributed by atoms with E-state index in [2.05, 4.69) is 4.57 Å². The lowest BCUT2D eigenvalue weighted by Gasteiger charge is -2.18. The molecule has 1 N–H and O–H groups in total. The van der Waals surface area contributed by atoms with Crippen molar-refractivity contribution in [2.24, 2.45) is 5.92 Å². The number of hydrogen-bond acceptors (Lipinski definition) is 2. The third kappa shape index (κ3) is 3.13. The number of carbonyl (C=O) groups is 1. The van der Waals surface area contributed by atoms with Crippen LogP contribution >= 0.6 is 11.6 Å². The van der Waals surface area contributed by atoms with E-state index < -0.39 is 0 Å². The first-order valence-electron chi connectivity index (χ1n) is 7.75. The number of halogens is 1. The Morgan fingerprint density at radius 3 is 3.00 bits per heavy atom. The van der Waals surface area contributed by atoms with E-state index in [0.29, 0.717) is 19.5 Å². The molecule has 0 spiro atoms. The van der Waals surface area contributed by atoms with E-state index in [1.54, 1.807) is 6.92 Å². The molecule has 1 fully saturated rings. The molecule has 1 aromatic carbocycles. The minimum atomic E-state index is -0.337. The Balaban J connectivity index is 1.61. The summed E-state index contributed by atoms with van der Waals surface area (Å²) in [6, 6.07) is 7.81. The number of benzene rings is 1. The summed E-state index contributed by atoms with van der Waals surface area (Å²) < 4.78 is 2.09. The van der Waals surface area contributed by atoms with Crippen molar-refractivity contribution < 1.29 is 9.90 Å². The van der Waals surface area contributed by atoms with E-state index in [0.717, 1.165) is 28.9 Å². The second kappa shape index (κ2) is 6.31. The van der Waals surface area contributed by atoms with Crippen LogP contribution in [0.3, 0.4) is 0 Å². The average Bonchev–Trinajstić information content (AvgIpc) is 3.11. The average molecular weight is 321 g/mol. The number of aliphatic hydroxyl groups excluding tert-OH is 1. The molecule has 1 amide bonds. The lowest BCUT2D eigenvalue weighted by atomic mass is 10.0. The molecule has 2 unspecified atom stereocenters. The van der Waals surface area contributed by atoms with Crippen LogP contribution in [0, 0.1) is 5.92 Å². The van der Waals surface area contributed by atoms with Gasteiger partial charge in [0, 0.05) is 54.1 Å². The molecule has 0 saturated carbocycles. The van der Waals surface area contributed by atoms with Crippen LogP contribution in [-0.4, -0.2) is 39.7 Å². The number of hydrogen-bond donors (Lipinski definition) is 1. The van der Waals surface area contributed by atoms with Gasteiger partial charge in [-0.2, -0.15) is 0 Å². The van der Waals surface area contributed by atoms with Crippen molar-refractivity contribution in [2.75, 3.05) is 13.1 Å². The zero-order chi connectivity index (χ0) is 15.7. The van der Waals surface area contributed by atoms with Crippen molar-refractivity contribution in [3.05, 3.63) is 35.5 Å². The van der Waals surface area contributed by atoms with E-state index in [4.69, 9.17) is 11.6 Å². The van der Waals surface area contributed by atoms with Crippen LogP contribution in [0.15, 0.2) is 30.5 Å². The van der Waals surface area contributed by atoms with Crippen LogP contribution in [0.1, 0.15) is 19.8 Å². The SMILES string of the molecule is CC(O)C1CCN(C(=O)CCn2ccc3cc(Cl)ccc32)C1. The Morgan fingerprint density at radius 1 is 1.45 bits per heavy atom. The molecule has 1 saturated heterocycles. The number of aliphatic hydroxyl groups is 1. The molecular formula is C17H21ClN2O2. The molecule has 2 heterocycles. The topological polar surface area (TPSA) is 45.5 Å². The molecule has 1 aliphatic rings. The number of nitrogens with zero attached hydrogens (tertiary/aromatic N) is 2. The first kappa shape index (κ1) is 15.4. The van der Waals surface area contributed by atoms with Crippen LogP contribution in [-0.2, 0) is 11.3 Å². The van der Waals surface area contributed by atoms with Gasteiger partial charge in [0.1, 0.15) is 0 Å². The number of amides is 1. The molecule has 4 nitrogen and oxygen atoms in total. The molecule has 1 aromatic heterocycles. The van der Waals surface area contributed by atoms with Gasteiger partial charge >= 0.3 is 0 Å². The van der Waals surface area contributed by atoms with Gasteiger partial charge in [-0.05, 0) is 37.6 Å².